The molecule has 1 aliphatic carbocycles. The van der Waals surface area contributed by atoms with E-state index in [0.29, 0.717) is 35.3 Å². The number of primary amides is 1. The molecule has 0 heterocycles. The van der Waals surface area contributed by atoms with Crippen LogP contribution in [-0.2, 0) is 11.3 Å². The summed E-state index contributed by atoms with van der Waals surface area (Å²) in [6.45, 7) is 2.95. The smallest absolute Gasteiger partial charge is 0.257 e. The largest absolute Gasteiger partial charge is 0.494 e. The van der Waals surface area contributed by atoms with Crippen LogP contribution in [0.3, 0.4) is 0 Å². The topological polar surface area (TPSA) is 103 Å². The molecular formula is C27H35N3O5S. The zero-order valence-corrected chi connectivity index (χ0v) is 21.8. The Balaban J connectivity index is 1.73. The molecular weight excluding hydrogens is 478 g/mol. The number of benzene rings is 2. The van der Waals surface area contributed by atoms with Crippen molar-refractivity contribution in [3.05, 3.63) is 53.6 Å². The van der Waals surface area contributed by atoms with E-state index in [1.165, 1.54) is 6.42 Å². The van der Waals surface area contributed by atoms with Crippen molar-refractivity contribution in [2.24, 2.45) is 5.73 Å². The third-order valence-corrected chi connectivity index (χ3v) is 6.37. The third kappa shape index (κ3) is 7.84. The number of hydrogen-bond donors (Lipinski definition) is 2. The van der Waals surface area contributed by atoms with Crippen LogP contribution in [0.5, 0.6) is 17.2 Å². The molecule has 1 fully saturated rings. The molecule has 0 saturated heterocycles. The second kappa shape index (κ2) is 13.7. The quantitative estimate of drug-likeness (QED) is 0.434. The van der Waals surface area contributed by atoms with Crippen LogP contribution < -0.4 is 25.3 Å². The second-order valence-corrected chi connectivity index (χ2v) is 9.18. The van der Waals surface area contributed by atoms with Crippen molar-refractivity contribution < 1.29 is 23.8 Å². The SMILES string of the molecule is CCCOc1ccc(C(=O)NC(=S)N(Cc2ccc(OCC(N)=O)c(OC)c2)C2CCCCC2)cc1. The Morgan fingerprint density at radius 1 is 1.06 bits per heavy atom. The summed E-state index contributed by atoms with van der Waals surface area (Å²) in [6.07, 6.45) is 6.39. The van der Waals surface area contributed by atoms with Crippen molar-refractivity contribution >= 4 is 29.1 Å². The van der Waals surface area contributed by atoms with Gasteiger partial charge in [0.1, 0.15) is 5.75 Å². The molecule has 0 spiro atoms. The summed E-state index contributed by atoms with van der Waals surface area (Å²) in [6, 6.07) is 12.8. The number of ether oxygens (including phenoxy) is 3. The number of nitrogens with one attached hydrogen (secondary N) is 1. The van der Waals surface area contributed by atoms with E-state index in [1.54, 1.807) is 37.4 Å². The summed E-state index contributed by atoms with van der Waals surface area (Å²) >= 11 is 5.73. The van der Waals surface area contributed by atoms with Crippen molar-refractivity contribution in [3.63, 3.8) is 0 Å². The molecule has 194 valence electrons. The van der Waals surface area contributed by atoms with Crippen molar-refractivity contribution in [1.29, 1.82) is 0 Å². The molecule has 0 radical (unpaired) electrons. The summed E-state index contributed by atoms with van der Waals surface area (Å²) in [4.78, 5) is 26.1. The molecule has 8 nitrogen and oxygen atoms in total. The molecule has 0 aromatic heterocycles. The van der Waals surface area contributed by atoms with Crippen LogP contribution in [0.25, 0.3) is 0 Å². The normalized spacial score (nSPS) is 13.5. The van der Waals surface area contributed by atoms with Gasteiger partial charge < -0.3 is 24.8 Å². The average molecular weight is 514 g/mol. The Kier molecular flexibility index (Phi) is 10.4. The monoisotopic (exact) mass is 513 g/mol. The number of nitrogens with two attached hydrogens (primary N) is 1. The van der Waals surface area contributed by atoms with Crippen LogP contribution in [0.1, 0.15) is 61.4 Å². The molecule has 36 heavy (non-hydrogen) atoms. The maximum absolute atomic E-state index is 13.0. The van der Waals surface area contributed by atoms with Crippen LogP contribution >= 0.6 is 12.2 Å². The van der Waals surface area contributed by atoms with E-state index >= 15 is 0 Å². The number of hydrogen-bond acceptors (Lipinski definition) is 6. The Labute approximate surface area is 218 Å². The zero-order chi connectivity index (χ0) is 25.9. The van der Waals surface area contributed by atoms with Gasteiger partial charge >= 0.3 is 0 Å². The van der Waals surface area contributed by atoms with Crippen molar-refractivity contribution in [2.75, 3.05) is 20.3 Å². The minimum atomic E-state index is -0.561. The maximum atomic E-state index is 13.0. The van der Waals surface area contributed by atoms with Gasteiger partial charge in [0.05, 0.1) is 13.7 Å². The molecule has 3 rings (SSSR count). The van der Waals surface area contributed by atoms with Gasteiger partial charge in [0.25, 0.3) is 11.8 Å². The van der Waals surface area contributed by atoms with Gasteiger partial charge in [-0.2, -0.15) is 0 Å². The lowest BCUT2D eigenvalue weighted by atomic mass is 9.94. The van der Waals surface area contributed by atoms with E-state index in [2.05, 4.69) is 10.2 Å². The number of carbonyl (C=O) groups is 2. The van der Waals surface area contributed by atoms with E-state index in [1.807, 2.05) is 19.1 Å². The Morgan fingerprint density at radius 3 is 2.42 bits per heavy atom. The summed E-state index contributed by atoms with van der Waals surface area (Å²) in [5, 5.41) is 3.31. The molecule has 2 aromatic carbocycles. The molecule has 3 N–H and O–H groups in total. The second-order valence-electron chi connectivity index (χ2n) is 8.79. The summed E-state index contributed by atoms with van der Waals surface area (Å²) in [5.41, 5.74) is 6.64. The highest BCUT2D eigenvalue weighted by Gasteiger charge is 2.25. The van der Waals surface area contributed by atoms with E-state index in [-0.39, 0.29) is 18.6 Å². The first-order chi connectivity index (χ1) is 17.4. The molecule has 9 heteroatoms. The van der Waals surface area contributed by atoms with Crippen LogP contribution in [-0.4, -0.2) is 48.2 Å². The first-order valence-electron chi connectivity index (χ1n) is 12.3. The van der Waals surface area contributed by atoms with Gasteiger partial charge in [0.15, 0.2) is 23.2 Å². The van der Waals surface area contributed by atoms with E-state index in [4.69, 9.17) is 32.2 Å². The van der Waals surface area contributed by atoms with Crippen LogP contribution in [0, 0.1) is 0 Å². The summed E-state index contributed by atoms with van der Waals surface area (Å²) < 4.78 is 16.5. The van der Waals surface area contributed by atoms with Crippen molar-refractivity contribution in [3.8, 4) is 17.2 Å². The highest BCUT2D eigenvalue weighted by atomic mass is 32.1. The van der Waals surface area contributed by atoms with Gasteiger partial charge in [0, 0.05) is 18.2 Å². The minimum absolute atomic E-state index is 0.230. The van der Waals surface area contributed by atoms with Gasteiger partial charge in [-0.3, -0.25) is 14.9 Å². The van der Waals surface area contributed by atoms with Crippen LogP contribution in [0.15, 0.2) is 42.5 Å². The van der Waals surface area contributed by atoms with E-state index < -0.39 is 5.91 Å². The lowest BCUT2D eigenvalue weighted by Gasteiger charge is -2.36. The predicted octanol–water partition coefficient (Wildman–Crippen LogP) is 4.20. The maximum Gasteiger partial charge on any atom is 0.257 e. The molecule has 0 atom stereocenters. The number of thiocarbonyl (C=S) groups is 1. The van der Waals surface area contributed by atoms with Crippen LogP contribution in [0.4, 0.5) is 0 Å². The molecule has 2 amide bonds. The Bertz CT molecular complexity index is 1040. The number of carbonyl (C=O) groups excluding carboxylic acids is 2. The van der Waals surface area contributed by atoms with Gasteiger partial charge in [0.2, 0.25) is 0 Å². The highest BCUT2D eigenvalue weighted by molar-refractivity contribution is 7.80. The highest BCUT2D eigenvalue weighted by Crippen LogP contribution is 2.30. The number of nitrogens with zero attached hydrogens (tertiary/aromatic N) is 1. The van der Waals surface area contributed by atoms with E-state index in [0.717, 1.165) is 43.4 Å². The lowest BCUT2D eigenvalue weighted by molar-refractivity contribution is -0.119. The molecule has 1 aliphatic rings. The number of amides is 2. The third-order valence-electron chi connectivity index (χ3n) is 6.04. The molecule has 0 unspecified atom stereocenters. The zero-order valence-electron chi connectivity index (χ0n) is 21.0. The Morgan fingerprint density at radius 2 is 1.78 bits per heavy atom. The predicted molar refractivity (Wildman–Crippen MR) is 142 cm³/mol. The molecule has 1 saturated carbocycles. The summed E-state index contributed by atoms with van der Waals surface area (Å²) in [5.74, 6) is 0.852. The lowest BCUT2D eigenvalue weighted by Crippen LogP contribution is -2.48. The summed E-state index contributed by atoms with van der Waals surface area (Å²) in [7, 11) is 1.54. The fourth-order valence-electron chi connectivity index (χ4n) is 4.20. The van der Waals surface area contributed by atoms with Crippen molar-refractivity contribution in [1.82, 2.24) is 10.2 Å². The van der Waals surface area contributed by atoms with Gasteiger partial charge in [-0.05, 0) is 73.4 Å². The first kappa shape index (κ1) is 27.3. The first-order valence-corrected chi connectivity index (χ1v) is 12.7. The fraction of sp³-hybridized carbons (Fsp3) is 0.444. The molecule has 0 aliphatic heterocycles. The van der Waals surface area contributed by atoms with Crippen molar-refractivity contribution in [2.45, 2.75) is 58.0 Å². The van der Waals surface area contributed by atoms with Gasteiger partial charge in [-0.25, -0.2) is 0 Å². The van der Waals surface area contributed by atoms with E-state index in [9.17, 15) is 9.59 Å². The number of methoxy groups -OCH3 is 1. The molecule has 0 bridgehead atoms. The molecule has 2 aromatic rings. The van der Waals surface area contributed by atoms with Gasteiger partial charge in [-0.1, -0.05) is 32.3 Å². The fourth-order valence-corrected chi connectivity index (χ4v) is 4.50. The standard InChI is InChI=1S/C27H35N3O5S/c1-3-15-34-22-12-10-20(11-13-22)26(32)29-27(36)30(21-7-5-4-6-8-21)17-19-9-14-23(24(16-19)33-2)35-18-25(28)31/h9-14,16,21H,3-8,15,17-18H2,1-2H3,(H2,28,31)(H,29,32,36). The van der Waals surface area contributed by atoms with Crippen LogP contribution in [0.2, 0.25) is 0 Å². The number of rotatable bonds is 11. The minimum Gasteiger partial charge on any atom is -0.494 e. The Hall–Kier alpha value is -3.33. The average Bonchev–Trinajstić information content (AvgIpc) is 2.90. The van der Waals surface area contributed by atoms with Gasteiger partial charge in [-0.15, -0.1) is 0 Å².